The van der Waals surface area contributed by atoms with Crippen molar-refractivity contribution in [1.29, 1.82) is 0 Å². The molecule has 4 aromatic carbocycles. The van der Waals surface area contributed by atoms with Gasteiger partial charge in [-0.25, -0.2) is 13.8 Å². The molecule has 0 radical (unpaired) electrons. The van der Waals surface area contributed by atoms with E-state index >= 15 is 0 Å². The number of para-hydroxylation sites is 1. The van der Waals surface area contributed by atoms with Crippen molar-refractivity contribution in [2.75, 3.05) is 17.2 Å². The Labute approximate surface area is 257 Å². The van der Waals surface area contributed by atoms with Gasteiger partial charge in [-0.1, -0.05) is 48.5 Å². The number of benzene rings is 4. The van der Waals surface area contributed by atoms with Crippen LogP contribution in [0.3, 0.4) is 0 Å². The van der Waals surface area contributed by atoms with Crippen molar-refractivity contribution in [3.05, 3.63) is 120 Å². The molecule has 2 amide bonds. The van der Waals surface area contributed by atoms with E-state index in [0.717, 1.165) is 16.1 Å². The van der Waals surface area contributed by atoms with E-state index in [0.29, 0.717) is 28.5 Å². The summed E-state index contributed by atoms with van der Waals surface area (Å²) in [5.41, 5.74) is 4.36. The third-order valence-electron chi connectivity index (χ3n) is 6.47. The zero-order chi connectivity index (χ0) is 31.5. The Morgan fingerprint density at radius 1 is 0.818 bits per heavy atom. The molecule has 2 N–H and O–H groups in total. The highest BCUT2D eigenvalue weighted by Crippen LogP contribution is 2.27. The van der Waals surface area contributed by atoms with E-state index in [-0.39, 0.29) is 18.6 Å². The summed E-state index contributed by atoms with van der Waals surface area (Å²) < 4.78 is 37.6. The minimum absolute atomic E-state index is 0.141. The highest BCUT2D eigenvalue weighted by molar-refractivity contribution is 7.92. The number of hydrogen-bond donors (Lipinski definition) is 2. The number of hydrogen-bond acceptors (Lipinski definition) is 7. The van der Waals surface area contributed by atoms with E-state index in [2.05, 4.69) is 15.8 Å². The molecule has 0 saturated heterocycles. The molecule has 0 aliphatic heterocycles. The third kappa shape index (κ3) is 9.17. The molecule has 0 fully saturated rings. The number of carbonyl (C=O) groups excluding carboxylic acids is 2. The summed E-state index contributed by atoms with van der Waals surface area (Å²) in [5, 5.41) is 6.87. The quantitative estimate of drug-likeness (QED) is 0.161. The van der Waals surface area contributed by atoms with Crippen LogP contribution in [0.25, 0.3) is 0 Å². The van der Waals surface area contributed by atoms with Gasteiger partial charge in [0, 0.05) is 0 Å². The molecule has 0 bridgehead atoms. The van der Waals surface area contributed by atoms with Crippen molar-refractivity contribution in [3.8, 4) is 17.2 Å². The maximum Gasteiger partial charge on any atom is 0.263 e. The van der Waals surface area contributed by atoms with Gasteiger partial charge in [-0.05, 0) is 85.6 Å². The van der Waals surface area contributed by atoms with Gasteiger partial charge in [0.2, 0.25) is 10.0 Å². The lowest BCUT2D eigenvalue weighted by Crippen LogP contribution is -2.46. The lowest BCUT2D eigenvalue weighted by molar-refractivity contribution is -0.124. The SMILES string of the molecule is C[C@@H](NC(=O)COc1ccc(/C=N\NC(=O)[C@H](C)N(c2ccc(Oc3ccccc3)cc2)S(C)(=O)=O)cc1)c1ccccc1. The largest absolute Gasteiger partial charge is 0.484 e. The van der Waals surface area contributed by atoms with Gasteiger partial charge in [0.1, 0.15) is 23.3 Å². The van der Waals surface area contributed by atoms with Crippen LogP contribution < -0.4 is 24.5 Å². The Bertz CT molecular complexity index is 1660. The molecule has 0 saturated carbocycles. The second kappa shape index (κ2) is 14.8. The molecule has 4 aromatic rings. The van der Waals surface area contributed by atoms with E-state index in [1.807, 2.05) is 55.5 Å². The molecule has 0 aromatic heterocycles. The Morgan fingerprint density at radius 3 is 2.00 bits per heavy atom. The molecule has 10 nitrogen and oxygen atoms in total. The van der Waals surface area contributed by atoms with Gasteiger partial charge in [-0.2, -0.15) is 5.10 Å². The lowest BCUT2D eigenvalue weighted by Gasteiger charge is -2.27. The lowest BCUT2D eigenvalue weighted by atomic mass is 10.1. The van der Waals surface area contributed by atoms with E-state index in [4.69, 9.17) is 9.47 Å². The minimum atomic E-state index is -3.81. The van der Waals surface area contributed by atoms with Crippen LogP contribution in [0.5, 0.6) is 17.2 Å². The molecule has 11 heteroatoms. The Hall–Kier alpha value is -5.16. The fourth-order valence-electron chi connectivity index (χ4n) is 4.27. The van der Waals surface area contributed by atoms with Crippen molar-refractivity contribution >= 4 is 33.7 Å². The number of nitrogens with one attached hydrogen (secondary N) is 2. The number of sulfonamides is 1. The summed E-state index contributed by atoms with van der Waals surface area (Å²) in [7, 11) is -3.81. The zero-order valence-corrected chi connectivity index (χ0v) is 25.4. The molecule has 0 aliphatic rings. The number of ether oxygens (including phenoxy) is 2. The monoisotopic (exact) mass is 614 g/mol. The number of nitrogens with zero attached hydrogens (tertiary/aromatic N) is 2. The summed E-state index contributed by atoms with van der Waals surface area (Å²) >= 11 is 0. The first kappa shape index (κ1) is 31.8. The summed E-state index contributed by atoms with van der Waals surface area (Å²) in [6.07, 6.45) is 2.45. The topological polar surface area (TPSA) is 126 Å². The van der Waals surface area contributed by atoms with Gasteiger partial charge >= 0.3 is 0 Å². The summed E-state index contributed by atoms with van der Waals surface area (Å²) in [5.74, 6) is 0.791. The molecule has 0 aliphatic carbocycles. The average Bonchev–Trinajstić information content (AvgIpc) is 3.02. The highest BCUT2D eigenvalue weighted by Gasteiger charge is 2.29. The van der Waals surface area contributed by atoms with Crippen LogP contribution in [0.15, 0.2) is 114 Å². The highest BCUT2D eigenvalue weighted by atomic mass is 32.2. The molecule has 228 valence electrons. The standard InChI is InChI=1S/C33H34N4O6S/c1-24(27-10-6-4-7-11-27)35-32(38)23-42-29-18-14-26(15-19-29)22-34-36-33(39)25(2)37(44(3,40)41)28-16-20-31(21-17-28)43-30-12-8-5-9-13-30/h4-22,24-25H,23H2,1-3H3,(H,35,38)(H,36,39)/b34-22-/t24-,25+/m1/s1. The Balaban J connectivity index is 1.29. The summed E-state index contributed by atoms with van der Waals surface area (Å²) in [6.45, 7) is 3.24. The predicted molar refractivity (Wildman–Crippen MR) is 170 cm³/mol. The summed E-state index contributed by atoms with van der Waals surface area (Å²) in [6, 6.07) is 30.8. The normalized spacial score (nSPS) is 12.6. The van der Waals surface area contributed by atoms with Gasteiger partial charge in [0.15, 0.2) is 6.61 Å². The van der Waals surface area contributed by atoms with Crippen molar-refractivity contribution in [2.45, 2.75) is 25.9 Å². The fraction of sp³-hybridized carbons (Fsp3) is 0.182. The Kier molecular flexibility index (Phi) is 10.7. The Morgan fingerprint density at radius 2 is 1.39 bits per heavy atom. The van der Waals surface area contributed by atoms with Crippen LogP contribution in [-0.2, 0) is 19.6 Å². The maximum absolute atomic E-state index is 12.9. The van der Waals surface area contributed by atoms with Gasteiger partial charge < -0.3 is 14.8 Å². The van der Waals surface area contributed by atoms with Crippen LogP contribution in [0.2, 0.25) is 0 Å². The second-order valence-corrected chi connectivity index (χ2v) is 11.8. The molecule has 2 atom stereocenters. The van der Waals surface area contributed by atoms with Crippen molar-refractivity contribution < 1.29 is 27.5 Å². The first-order chi connectivity index (χ1) is 21.1. The zero-order valence-electron chi connectivity index (χ0n) is 24.6. The number of carbonyl (C=O) groups is 2. The minimum Gasteiger partial charge on any atom is -0.484 e. The van der Waals surface area contributed by atoms with Crippen molar-refractivity contribution in [2.24, 2.45) is 5.10 Å². The van der Waals surface area contributed by atoms with Crippen LogP contribution in [-0.4, -0.2) is 45.4 Å². The smallest absolute Gasteiger partial charge is 0.263 e. The molecule has 0 heterocycles. The van der Waals surface area contributed by atoms with Gasteiger partial charge in [0.25, 0.3) is 11.8 Å². The van der Waals surface area contributed by atoms with Gasteiger partial charge in [-0.15, -0.1) is 0 Å². The summed E-state index contributed by atoms with van der Waals surface area (Å²) in [4.78, 5) is 25.1. The number of anilines is 1. The number of hydrazone groups is 1. The third-order valence-corrected chi connectivity index (χ3v) is 7.72. The van der Waals surface area contributed by atoms with Crippen molar-refractivity contribution in [1.82, 2.24) is 10.7 Å². The fourth-order valence-corrected chi connectivity index (χ4v) is 5.44. The predicted octanol–water partition coefficient (Wildman–Crippen LogP) is 5.04. The molecular formula is C33H34N4O6S. The van der Waals surface area contributed by atoms with Gasteiger partial charge in [0.05, 0.1) is 24.2 Å². The first-order valence-electron chi connectivity index (χ1n) is 13.8. The number of rotatable bonds is 13. The average molecular weight is 615 g/mol. The van der Waals surface area contributed by atoms with Crippen molar-refractivity contribution in [3.63, 3.8) is 0 Å². The van der Waals surface area contributed by atoms with Crippen LogP contribution in [0.4, 0.5) is 5.69 Å². The van der Waals surface area contributed by atoms with E-state index < -0.39 is 22.0 Å². The molecule has 4 rings (SSSR count). The van der Waals surface area contributed by atoms with E-state index in [1.54, 1.807) is 60.7 Å². The maximum atomic E-state index is 12.9. The van der Waals surface area contributed by atoms with Gasteiger partial charge in [-0.3, -0.25) is 13.9 Å². The second-order valence-electron chi connectivity index (χ2n) is 9.94. The van der Waals surface area contributed by atoms with Crippen LogP contribution >= 0.6 is 0 Å². The van der Waals surface area contributed by atoms with E-state index in [1.165, 1.54) is 13.1 Å². The van der Waals surface area contributed by atoms with Crippen LogP contribution in [0, 0.1) is 0 Å². The molecule has 0 spiro atoms. The first-order valence-corrected chi connectivity index (χ1v) is 15.7. The number of amides is 2. The van der Waals surface area contributed by atoms with E-state index in [9.17, 15) is 18.0 Å². The molecule has 0 unspecified atom stereocenters. The molecule has 44 heavy (non-hydrogen) atoms. The van der Waals surface area contributed by atoms with Crippen LogP contribution in [0.1, 0.15) is 31.0 Å². The molecular weight excluding hydrogens is 580 g/mol.